The second-order valence-electron chi connectivity index (χ2n) is 3.92. The third-order valence-corrected chi connectivity index (χ3v) is 4.31. The topological polar surface area (TPSA) is 42.3 Å². The van der Waals surface area contributed by atoms with Gasteiger partial charge in [-0.1, -0.05) is 18.2 Å². The Hall–Kier alpha value is -1.33. The quantitative estimate of drug-likeness (QED) is 0.797. The van der Waals surface area contributed by atoms with Crippen molar-refractivity contribution in [3.05, 3.63) is 36.0 Å². The molecule has 0 bridgehead atoms. The van der Waals surface area contributed by atoms with Crippen LogP contribution in [0.25, 0.3) is 10.9 Å². The summed E-state index contributed by atoms with van der Waals surface area (Å²) in [6, 6.07) is 7.47. The number of nitrogens with zero attached hydrogens (tertiary/aromatic N) is 2. The average molecular weight is 238 g/mol. The van der Waals surface area contributed by atoms with Crippen LogP contribution in [0.1, 0.15) is 5.56 Å². The van der Waals surface area contributed by atoms with E-state index >= 15 is 0 Å². The minimum absolute atomic E-state index is 0.716. The van der Waals surface area contributed by atoms with Crippen LogP contribution in [0.3, 0.4) is 0 Å². The fourth-order valence-corrected chi connectivity index (χ4v) is 2.73. The largest absolute Gasteiger partial charge is 0.307 e. The van der Waals surface area contributed by atoms with Crippen LogP contribution < -0.4 is 0 Å². The molecule has 0 fully saturated rings. The highest BCUT2D eigenvalue weighted by Gasteiger charge is 2.19. The summed E-state index contributed by atoms with van der Waals surface area (Å²) in [5.41, 5.74) is 1.68. The fourth-order valence-electron chi connectivity index (χ4n) is 1.68. The lowest BCUT2D eigenvalue weighted by molar-refractivity contribution is 0.512. The van der Waals surface area contributed by atoms with Gasteiger partial charge in [-0.3, -0.25) is 0 Å². The molecule has 0 atom stereocenters. The molecule has 86 valence electrons. The molecule has 0 radical (unpaired) electrons. The molecule has 5 heteroatoms. The molecule has 1 aromatic carbocycles. The van der Waals surface area contributed by atoms with E-state index in [4.69, 9.17) is 0 Å². The zero-order valence-electron chi connectivity index (χ0n) is 9.51. The van der Waals surface area contributed by atoms with Gasteiger partial charge in [-0.25, -0.2) is 3.97 Å². The normalized spacial score (nSPS) is 12.5. The van der Waals surface area contributed by atoms with Gasteiger partial charge in [0.15, 0.2) is 0 Å². The molecule has 0 amide bonds. The smallest absolute Gasteiger partial charge is 0.232 e. The van der Waals surface area contributed by atoms with Crippen molar-refractivity contribution in [1.82, 2.24) is 8.28 Å². The number of aromatic nitrogens is 1. The van der Waals surface area contributed by atoms with Gasteiger partial charge in [0.2, 0.25) is 0 Å². The van der Waals surface area contributed by atoms with E-state index in [1.165, 1.54) is 22.4 Å². The van der Waals surface area contributed by atoms with Crippen molar-refractivity contribution in [3.8, 4) is 0 Å². The molecule has 1 aromatic heterocycles. The van der Waals surface area contributed by atoms with Gasteiger partial charge in [-0.2, -0.15) is 12.7 Å². The molecule has 0 aliphatic heterocycles. The second kappa shape index (κ2) is 3.61. The van der Waals surface area contributed by atoms with Crippen LogP contribution in [0.15, 0.2) is 30.5 Å². The van der Waals surface area contributed by atoms with Crippen molar-refractivity contribution >= 4 is 21.1 Å². The summed E-state index contributed by atoms with van der Waals surface area (Å²) in [7, 11) is -0.378. The van der Waals surface area contributed by atoms with Gasteiger partial charge >= 0.3 is 10.2 Å². The van der Waals surface area contributed by atoms with Crippen LogP contribution in [0.5, 0.6) is 0 Å². The Bertz CT molecular complexity index is 626. The molecule has 4 nitrogen and oxygen atoms in total. The molecular formula is C11H14N2O2S. The van der Waals surface area contributed by atoms with Crippen molar-refractivity contribution in [1.29, 1.82) is 0 Å². The first-order valence-corrected chi connectivity index (χ1v) is 6.34. The number of fused-ring (bicyclic) bond motifs is 1. The zero-order chi connectivity index (χ0) is 11.9. The van der Waals surface area contributed by atoms with Crippen LogP contribution in [0, 0.1) is 6.92 Å². The van der Waals surface area contributed by atoms with E-state index in [0.717, 1.165) is 10.9 Å². The minimum Gasteiger partial charge on any atom is -0.232 e. The second-order valence-corrected chi connectivity index (χ2v) is 5.93. The van der Waals surface area contributed by atoms with E-state index in [-0.39, 0.29) is 0 Å². The van der Waals surface area contributed by atoms with Crippen LogP contribution in [0.4, 0.5) is 0 Å². The Morgan fingerprint density at radius 2 is 1.81 bits per heavy atom. The lowest BCUT2D eigenvalue weighted by Gasteiger charge is -2.12. The van der Waals surface area contributed by atoms with E-state index in [0.29, 0.717) is 5.52 Å². The summed E-state index contributed by atoms with van der Waals surface area (Å²) >= 11 is 0. The van der Waals surface area contributed by atoms with Crippen LogP contribution in [-0.2, 0) is 10.2 Å². The van der Waals surface area contributed by atoms with E-state index < -0.39 is 10.2 Å². The van der Waals surface area contributed by atoms with E-state index in [1.807, 2.05) is 31.2 Å². The van der Waals surface area contributed by atoms with Crippen molar-refractivity contribution in [2.75, 3.05) is 14.1 Å². The summed E-state index contributed by atoms with van der Waals surface area (Å²) in [6.07, 6.45) is 1.65. The first-order chi connectivity index (χ1) is 7.44. The standard InChI is InChI=1S/C11H14N2O2S/c1-9-8-13(16(14,15)12(2)3)11-7-5-4-6-10(9)11/h4-8H,1-3H3. The number of para-hydroxylation sites is 1. The van der Waals surface area contributed by atoms with Gasteiger partial charge in [0.05, 0.1) is 5.52 Å². The molecule has 2 aromatic rings. The van der Waals surface area contributed by atoms with E-state index in [9.17, 15) is 8.42 Å². The van der Waals surface area contributed by atoms with E-state index in [1.54, 1.807) is 6.20 Å². The van der Waals surface area contributed by atoms with Crippen LogP contribution in [-0.4, -0.2) is 30.8 Å². The number of hydrogen-bond acceptors (Lipinski definition) is 2. The highest BCUT2D eigenvalue weighted by molar-refractivity contribution is 7.87. The minimum atomic E-state index is -3.43. The number of hydrogen-bond donors (Lipinski definition) is 0. The fraction of sp³-hybridized carbons (Fsp3) is 0.273. The van der Waals surface area contributed by atoms with E-state index in [2.05, 4.69) is 0 Å². The van der Waals surface area contributed by atoms with Crippen LogP contribution >= 0.6 is 0 Å². The van der Waals surface area contributed by atoms with Crippen molar-refractivity contribution in [2.24, 2.45) is 0 Å². The van der Waals surface area contributed by atoms with Gasteiger partial charge in [0, 0.05) is 25.7 Å². The number of benzene rings is 1. The molecule has 0 aliphatic carbocycles. The predicted octanol–water partition coefficient (Wildman–Crippen LogP) is 1.60. The monoisotopic (exact) mass is 238 g/mol. The summed E-state index contributed by atoms with van der Waals surface area (Å²) in [4.78, 5) is 0. The highest BCUT2D eigenvalue weighted by atomic mass is 32.2. The Morgan fingerprint density at radius 1 is 1.19 bits per heavy atom. The molecule has 0 spiro atoms. The lowest BCUT2D eigenvalue weighted by Crippen LogP contribution is -2.28. The molecule has 0 aliphatic rings. The molecule has 0 unspecified atom stereocenters. The summed E-state index contributed by atoms with van der Waals surface area (Å²) in [5.74, 6) is 0. The Morgan fingerprint density at radius 3 is 2.44 bits per heavy atom. The third kappa shape index (κ3) is 1.52. The Kier molecular flexibility index (Phi) is 2.52. The summed E-state index contributed by atoms with van der Waals surface area (Å²) < 4.78 is 26.6. The zero-order valence-corrected chi connectivity index (χ0v) is 10.3. The first kappa shape index (κ1) is 11.2. The highest BCUT2D eigenvalue weighted by Crippen LogP contribution is 2.22. The third-order valence-electron chi connectivity index (χ3n) is 2.59. The number of aryl methyl sites for hydroxylation is 1. The Labute approximate surface area is 95.3 Å². The molecule has 2 rings (SSSR count). The lowest BCUT2D eigenvalue weighted by atomic mass is 10.2. The molecule has 0 N–H and O–H groups in total. The maximum Gasteiger partial charge on any atom is 0.307 e. The molecule has 1 heterocycles. The summed E-state index contributed by atoms with van der Waals surface area (Å²) in [5, 5.41) is 0.966. The average Bonchev–Trinajstić information content (AvgIpc) is 2.57. The molecule has 0 saturated carbocycles. The van der Waals surface area contributed by atoms with Gasteiger partial charge in [-0.05, 0) is 18.6 Å². The molecular weight excluding hydrogens is 224 g/mol. The maximum atomic E-state index is 12.0. The molecule has 16 heavy (non-hydrogen) atoms. The van der Waals surface area contributed by atoms with Gasteiger partial charge in [-0.15, -0.1) is 0 Å². The molecule has 0 saturated heterocycles. The number of rotatable bonds is 2. The van der Waals surface area contributed by atoms with Crippen molar-refractivity contribution < 1.29 is 8.42 Å². The van der Waals surface area contributed by atoms with Gasteiger partial charge < -0.3 is 0 Å². The van der Waals surface area contributed by atoms with Gasteiger partial charge in [0.25, 0.3) is 0 Å². The Balaban J connectivity index is 2.81. The predicted molar refractivity (Wildman–Crippen MR) is 64.7 cm³/mol. The van der Waals surface area contributed by atoms with Crippen molar-refractivity contribution in [3.63, 3.8) is 0 Å². The van der Waals surface area contributed by atoms with Crippen LogP contribution in [0.2, 0.25) is 0 Å². The summed E-state index contributed by atoms with van der Waals surface area (Å²) in [6.45, 7) is 1.91. The maximum absolute atomic E-state index is 12.0. The first-order valence-electron chi connectivity index (χ1n) is 4.94. The van der Waals surface area contributed by atoms with Gasteiger partial charge in [0.1, 0.15) is 0 Å². The SMILES string of the molecule is Cc1cn(S(=O)(=O)N(C)C)c2ccccc12. The van der Waals surface area contributed by atoms with Crippen molar-refractivity contribution in [2.45, 2.75) is 6.92 Å².